The predicted octanol–water partition coefficient (Wildman–Crippen LogP) is 2.54. The van der Waals surface area contributed by atoms with Crippen molar-refractivity contribution in [2.24, 2.45) is 0 Å². The van der Waals surface area contributed by atoms with Crippen molar-refractivity contribution in [2.45, 2.75) is 38.6 Å². The fourth-order valence-corrected chi connectivity index (χ4v) is 1.64. The molecule has 0 aliphatic rings. The minimum absolute atomic E-state index is 0.0796. The predicted molar refractivity (Wildman–Crippen MR) is 70.4 cm³/mol. The molecule has 1 atom stereocenters. The zero-order chi connectivity index (χ0) is 12.5. The first-order chi connectivity index (χ1) is 8.26. The van der Waals surface area contributed by atoms with Crippen LogP contribution in [0.15, 0.2) is 30.3 Å². The van der Waals surface area contributed by atoms with Crippen molar-refractivity contribution in [2.75, 3.05) is 0 Å². The van der Waals surface area contributed by atoms with Gasteiger partial charge in [-0.05, 0) is 18.4 Å². The molecule has 2 nitrogen and oxygen atoms in total. The summed E-state index contributed by atoms with van der Waals surface area (Å²) in [7, 11) is 0. The molecule has 1 aromatic carbocycles. The minimum atomic E-state index is 0.0796. The average Bonchev–Trinajstić information content (AvgIpc) is 2.37. The van der Waals surface area contributed by atoms with Crippen molar-refractivity contribution in [3.8, 4) is 12.3 Å². The van der Waals surface area contributed by atoms with E-state index in [-0.39, 0.29) is 11.9 Å². The monoisotopic (exact) mass is 229 g/mol. The van der Waals surface area contributed by atoms with E-state index in [4.69, 9.17) is 6.42 Å². The lowest BCUT2D eigenvalue weighted by Crippen LogP contribution is -2.34. The number of carbonyl (C=O) groups is 1. The van der Waals surface area contributed by atoms with Crippen LogP contribution in [0.4, 0.5) is 0 Å². The maximum Gasteiger partial charge on any atom is 0.220 e. The molecular formula is C15H19NO. The third kappa shape index (κ3) is 5.21. The highest BCUT2D eigenvalue weighted by Crippen LogP contribution is 2.03. The first-order valence-corrected chi connectivity index (χ1v) is 6.03. The highest BCUT2D eigenvalue weighted by Gasteiger charge is 2.08. The van der Waals surface area contributed by atoms with Crippen LogP contribution in [-0.4, -0.2) is 11.9 Å². The van der Waals surface area contributed by atoms with Crippen LogP contribution in [-0.2, 0) is 11.2 Å². The highest BCUT2D eigenvalue weighted by molar-refractivity contribution is 5.76. The Morgan fingerprint density at radius 3 is 2.71 bits per heavy atom. The quantitative estimate of drug-likeness (QED) is 0.746. The van der Waals surface area contributed by atoms with Crippen molar-refractivity contribution >= 4 is 5.91 Å². The van der Waals surface area contributed by atoms with Crippen molar-refractivity contribution in [3.63, 3.8) is 0 Å². The van der Waals surface area contributed by atoms with Crippen LogP contribution in [0.2, 0.25) is 0 Å². The first-order valence-electron chi connectivity index (χ1n) is 6.03. The first kappa shape index (κ1) is 13.3. The molecule has 0 heterocycles. The molecule has 90 valence electrons. The molecule has 1 amide bonds. The Kier molecular flexibility index (Phi) is 5.88. The summed E-state index contributed by atoms with van der Waals surface area (Å²) < 4.78 is 0. The van der Waals surface area contributed by atoms with Crippen molar-refractivity contribution < 1.29 is 4.79 Å². The molecular weight excluding hydrogens is 210 g/mol. The maximum atomic E-state index is 11.7. The van der Waals surface area contributed by atoms with E-state index in [9.17, 15) is 4.79 Å². The van der Waals surface area contributed by atoms with Gasteiger partial charge in [0.1, 0.15) is 0 Å². The number of benzene rings is 1. The van der Waals surface area contributed by atoms with Gasteiger partial charge >= 0.3 is 0 Å². The van der Waals surface area contributed by atoms with Crippen molar-refractivity contribution in [1.29, 1.82) is 0 Å². The molecule has 1 N–H and O–H groups in total. The van der Waals surface area contributed by atoms with E-state index in [1.807, 2.05) is 37.3 Å². The molecule has 17 heavy (non-hydrogen) atoms. The van der Waals surface area contributed by atoms with Crippen LogP contribution in [0.1, 0.15) is 31.7 Å². The van der Waals surface area contributed by atoms with Gasteiger partial charge in [0, 0.05) is 18.9 Å². The normalized spacial score (nSPS) is 11.5. The van der Waals surface area contributed by atoms with Crippen LogP contribution in [0.3, 0.4) is 0 Å². The van der Waals surface area contributed by atoms with Gasteiger partial charge in [-0.15, -0.1) is 12.3 Å². The number of terminal acetylenes is 1. The maximum absolute atomic E-state index is 11.7. The number of aryl methyl sites for hydroxylation is 1. The van der Waals surface area contributed by atoms with Crippen molar-refractivity contribution in [3.05, 3.63) is 35.9 Å². The molecule has 0 bridgehead atoms. The van der Waals surface area contributed by atoms with Crippen molar-refractivity contribution in [1.82, 2.24) is 5.32 Å². The van der Waals surface area contributed by atoms with Gasteiger partial charge < -0.3 is 5.32 Å². The molecule has 0 radical (unpaired) electrons. The zero-order valence-corrected chi connectivity index (χ0v) is 10.3. The molecule has 1 rings (SSSR count). The van der Waals surface area contributed by atoms with E-state index in [2.05, 4.69) is 11.2 Å². The highest BCUT2D eigenvalue weighted by atomic mass is 16.1. The van der Waals surface area contributed by atoms with E-state index in [1.54, 1.807) is 0 Å². The van der Waals surface area contributed by atoms with Crippen LogP contribution in [0.25, 0.3) is 0 Å². The molecule has 0 spiro atoms. The molecule has 1 unspecified atom stereocenters. The SMILES string of the molecule is C#CCC(CC)NC(=O)CCc1ccccc1. The Bertz CT molecular complexity index is 378. The van der Waals surface area contributed by atoms with Gasteiger partial charge in [-0.25, -0.2) is 0 Å². The van der Waals surface area contributed by atoms with Crippen LogP contribution >= 0.6 is 0 Å². The standard InChI is InChI=1S/C15H19NO/c1-3-8-14(4-2)16-15(17)12-11-13-9-6-5-7-10-13/h1,5-7,9-10,14H,4,8,11-12H2,2H3,(H,16,17). The Balaban J connectivity index is 2.33. The lowest BCUT2D eigenvalue weighted by Gasteiger charge is -2.14. The molecule has 0 aromatic heterocycles. The van der Waals surface area contributed by atoms with E-state index < -0.39 is 0 Å². The Hall–Kier alpha value is -1.75. The van der Waals surface area contributed by atoms with E-state index >= 15 is 0 Å². The fraction of sp³-hybridized carbons (Fsp3) is 0.400. The number of rotatable bonds is 6. The summed E-state index contributed by atoms with van der Waals surface area (Å²) >= 11 is 0. The number of nitrogens with one attached hydrogen (secondary N) is 1. The van der Waals surface area contributed by atoms with Crippen LogP contribution in [0.5, 0.6) is 0 Å². The smallest absolute Gasteiger partial charge is 0.220 e. The van der Waals surface area contributed by atoms with E-state index in [0.717, 1.165) is 12.8 Å². The van der Waals surface area contributed by atoms with Gasteiger partial charge in [-0.3, -0.25) is 4.79 Å². The summed E-state index contributed by atoms with van der Waals surface area (Å²) in [5.41, 5.74) is 1.19. The van der Waals surface area contributed by atoms with E-state index in [1.165, 1.54) is 5.56 Å². The second-order valence-electron chi connectivity index (χ2n) is 4.07. The average molecular weight is 229 g/mol. The summed E-state index contributed by atoms with van der Waals surface area (Å²) in [6, 6.07) is 10.1. The number of carbonyl (C=O) groups excluding carboxylic acids is 1. The summed E-state index contributed by atoms with van der Waals surface area (Å²) in [5, 5.41) is 2.96. The van der Waals surface area contributed by atoms with E-state index in [0.29, 0.717) is 12.8 Å². The zero-order valence-electron chi connectivity index (χ0n) is 10.3. The third-order valence-electron chi connectivity index (χ3n) is 2.71. The minimum Gasteiger partial charge on any atom is -0.352 e. The molecule has 0 aliphatic carbocycles. The lowest BCUT2D eigenvalue weighted by molar-refractivity contribution is -0.121. The molecule has 0 saturated carbocycles. The topological polar surface area (TPSA) is 29.1 Å². The summed E-state index contributed by atoms with van der Waals surface area (Å²) in [5.74, 6) is 2.66. The van der Waals surface area contributed by atoms with Gasteiger partial charge in [-0.2, -0.15) is 0 Å². The van der Waals surface area contributed by atoms with Gasteiger partial charge in [0.25, 0.3) is 0 Å². The number of hydrogen-bond acceptors (Lipinski definition) is 1. The molecule has 0 fully saturated rings. The summed E-state index contributed by atoms with van der Waals surface area (Å²) in [6.07, 6.45) is 8.02. The van der Waals surface area contributed by atoms with Gasteiger partial charge in [0.05, 0.1) is 0 Å². The second kappa shape index (κ2) is 7.51. The molecule has 2 heteroatoms. The Labute approximate surface area is 103 Å². The summed E-state index contributed by atoms with van der Waals surface area (Å²) in [4.78, 5) is 11.7. The number of hydrogen-bond donors (Lipinski definition) is 1. The molecule has 0 saturated heterocycles. The Morgan fingerprint density at radius 2 is 2.12 bits per heavy atom. The second-order valence-corrected chi connectivity index (χ2v) is 4.07. The lowest BCUT2D eigenvalue weighted by atomic mass is 10.1. The largest absolute Gasteiger partial charge is 0.352 e. The van der Waals surface area contributed by atoms with Gasteiger partial charge in [-0.1, -0.05) is 37.3 Å². The molecule has 1 aromatic rings. The summed E-state index contributed by atoms with van der Waals surface area (Å²) in [6.45, 7) is 2.03. The Morgan fingerprint density at radius 1 is 1.41 bits per heavy atom. The third-order valence-corrected chi connectivity index (χ3v) is 2.71. The van der Waals surface area contributed by atoms with Gasteiger partial charge in [0.15, 0.2) is 0 Å². The fourth-order valence-electron chi connectivity index (χ4n) is 1.64. The number of amides is 1. The van der Waals surface area contributed by atoms with Gasteiger partial charge in [0.2, 0.25) is 5.91 Å². The van der Waals surface area contributed by atoms with Crippen LogP contribution in [0, 0.1) is 12.3 Å². The molecule has 0 aliphatic heterocycles. The van der Waals surface area contributed by atoms with Crippen LogP contribution < -0.4 is 5.32 Å².